The van der Waals surface area contributed by atoms with E-state index in [1.165, 1.54) is 18.0 Å². The van der Waals surface area contributed by atoms with Crippen molar-refractivity contribution >= 4 is 29.4 Å². The van der Waals surface area contributed by atoms with Gasteiger partial charge in [-0.3, -0.25) is 14.5 Å². The number of hydrogen-bond donors (Lipinski definition) is 0. The maximum absolute atomic E-state index is 12.7. The number of benzene rings is 2. The molecule has 0 unspecified atom stereocenters. The number of rotatable bonds is 4. The van der Waals surface area contributed by atoms with Crippen LogP contribution in [0.15, 0.2) is 36.4 Å². The Morgan fingerprint density at radius 3 is 2.24 bits per heavy atom. The molecule has 2 aliphatic rings. The van der Waals surface area contributed by atoms with Crippen LogP contribution >= 0.6 is 11.6 Å². The smallest absolute Gasteiger partial charge is 0.325 e. The quantitative estimate of drug-likeness (QED) is 0.597. The highest BCUT2D eigenvalue weighted by Crippen LogP contribution is 2.34. The SMILES string of the molecule is CN1C(=O)N(Cc2ccc(-c3ccc4c(c3)CN(CC(F)(F)F)C4=O)cc2Cl)C(C)(C)C1=O. The zero-order valence-electron chi connectivity index (χ0n) is 18.2. The van der Waals surface area contributed by atoms with E-state index in [-0.39, 0.29) is 24.6 Å². The van der Waals surface area contributed by atoms with Crippen molar-refractivity contribution in [3.63, 3.8) is 0 Å². The molecule has 0 radical (unpaired) electrons. The van der Waals surface area contributed by atoms with E-state index in [0.717, 1.165) is 9.80 Å². The van der Waals surface area contributed by atoms with Crippen molar-refractivity contribution in [2.24, 2.45) is 0 Å². The van der Waals surface area contributed by atoms with E-state index in [4.69, 9.17) is 11.6 Å². The summed E-state index contributed by atoms with van der Waals surface area (Å²) in [5, 5.41) is 0.383. The maximum Gasteiger partial charge on any atom is 0.406 e. The second kappa shape index (κ2) is 7.76. The number of imide groups is 1. The van der Waals surface area contributed by atoms with Gasteiger partial charge >= 0.3 is 12.2 Å². The molecule has 2 aromatic rings. The number of fused-ring (bicyclic) bond motifs is 1. The standard InChI is InChI=1S/C23H21ClF3N3O3/c1-22(2)20(32)28(3)21(33)30(22)11-15-5-4-14(9-18(15)24)13-6-7-17-16(8-13)10-29(19(17)31)12-23(25,26)27/h4-9H,10-12H2,1-3H3. The van der Waals surface area contributed by atoms with Gasteiger partial charge in [-0.1, -0.05) is 29.8 Å². The lowest BCUT2D eigenvalue weighted by atomic mass is 9.98. The van der Waals surface area contributed by atoms with E-state index in [1.54, 1.807) is 44.2 Å². The molecule has 1 saturated heterocycles. The first-order valence-electron chi connectivity index (χ1n) is 10.2. The first kappa shape index (κ1) is 23.1. The van der Waals surface area contributed by atoms with Crippen LogP contribution in [0, 0.1) is 0 Å². The highest BCUT2D eigenvalue weighted by Gasteiger charge is 2.49. The monoisotopic (exact) mass is 479 g/mol. The average molecular weight is 480 g/mol. The van der Waals surface area contributed by atoms with Crippen molar-refractivity contribution in [2.75, 3.05) is 13.6 Å². The zero-order valence-corrected chi connectivity index (χ0v) is 18.9. The van der Waals surface area contributed by atoms with E-state index < -0.39 is 30.2 Å². The Kier molecular flexibility index (Phi) is 5.43. The Morgan fingerprint density at radius 2 is 1.67 bits per heavy atom. The molecule has 4 amide bonds. The van der Waals surface area contributed by atoms with Gasteiger partial charge in [0, 0.05) is 30.7 Å². The van der Waals surface area contributed by atoms with Gasteiger partial charge in [-0.15, -0.1) is 0 Å². The molecule has 0 atom stereocenters. The van der Waals surface area contributed by atoms with E-state index in [9.17, 15) is 27.6 Å². The van der Waals surface area contributed by atoms with Crippen molar-refractivity contribution in [3.05, 3.63) is 58.1 Å². The van der Waals surface area contributed by atoms with Gasteiger partial charge in [-0.2, -0.15) is 13.2 Å². The fourth-order valence-corrected chi connectivity index (χ4v) is 4.47. The Hall–Kier alpha value is -3.07. The van der Waals surface area contributed by atoms with Gasteiger partial charge in [0.1, 0.15) is 12.1 Å². The van der Waals surface area contributed by atoms with Gasteiger partial charge in [-0.05, 0) is 54.3 Å². The van der Waals surface area contributed by atoms with Crippen LogP contribution in [0.2, 0.25) is 5.02 Å². The van der Waals surface area contributed by atoms with Crippen LogP contribution in [-0.2, 0) is 17.9 Å². The highest BCUT2D eigenvalue weighted by molar-refractivity contribution is 6.31. The van der Waals surface area contributed by atoms with Crippen LogP contribution in [0.5, 0.6) is 0 Å². The van der Waals surface area contributed by atoms with E-state index in [2.05, 4.69) is 0 Å². The fraction of sp³-hybridized carbons (Fsp3) is 0.348. The Labute approximate surface area is 193 Å². The van der Waals surface area contributed by atoms with Gasteiger partial charge in [0.25, 0.3) is 11.8 Å². The number of carbonyl (C=O) groups is 3. The lowest BCUT2D eigenvalue weighted by molar-refractivity contribution is -0.141. The molecule has 33 heavy (non-hydrogen) atoms. The molecule has 4 rings (SSSR count). The molecule has 2 aromatic carbocycles. The van der Waals surface area contributed by atoms with Crippen LogP contribution in [0.3, 0.4) is 0 Å². The topological polar surface area (TPSA) is 60.9 Å². The third-order valence-corrected chi connectivity index (χ3v) is 6.44. The minimum Gasteiger partial charge on any atom is -0.325 e. The van der Waals surface area contributed by atoms with Crippen LogP contribution in [0.1, 0.15) is 35.3 Å². The van der Waals surface area contributed by atoms with E-state index in [0.29, 0.717) is 27.3 Å². The summed E-state index contributed by atoms with van der Waals surface area (Å²) in [5.41, 5.74) is 1.85. The summed E-state index contributed by atoms with van der Waals surface area (Å²) in [6.07, 6.45) is -4.46. The predicted octanol–water partition coefficient (Wildman–Crippen LogP) is 4.70. The summed E-state index contributed by atoms with van der Waals surface area (Å²) in [6, 6.07) is 9.71. The predicted molar refractivity (Wildman–Crippen MR) is 115 cm³/mol. The summed E-state index contributed by atoms with van der Waals surface area (Å²) < 4.78 is 38.2. The molecule has 2 aliphatic heterocycles. The van der Waals surface area contributed by atoms with Crippen molar-refractivity contribution in [1.29, 1.82) is 0 Å². The summed E-state index contributed by atoms with van der Waals surface area (Å²) in [5.74, 6) is -0.938. The molecule has 0 saturated carbocycles. The largest absolute Gasteiger partial charge is 0.406 e. The average Bonchev–Trinajstić information content (AvgIpc) is 3.10. The van der Waals surface area contributed by atoms with Crippen LogP contribution in [-0.4, -0.2) is 57.9 Å². The van der Waals surface area contributed by atoms with Crippen LogP contribution in [0.4, 0.5) is 18.0 Å². The first-order valence-corrected chi connectivity index (χ1v) is 10.5. The van der Waals surface area contributed by atoms with Crippen molar-refractivity contribution in [3.8, 4) is 11.1 Å². The number of hydrogen-bond acceptors (Lipinski definition) is 3. The van der Waals surface area contributed by atoms with Crippen LogP contribution < -0.4 is 0 Å². The molecule has 6 nitrogen and oxygen atoms in total. The Balaban J connectivity index is 1.57. The fourth-order valence-electron chi connectivity index (χ4n) is 4.23. The second-order valence-electron chi connectivity index (χ2n) is 8.75. The van der Waals surface area contributed by atoms with E-state index >= 15 is 0 Å². The number of likely N-dealkylation sites (N-methyl/N-ethyl adjacent to an activating group) is 1. The third-order valence-electron chi connectivity index (χ3n) is 6.09. The number of carbonyl (C=O) groups excluding carboxylic acids is 3. The highest BCUT2D eigenvalue weighted by atomic mass is 35.5. The summed E-state index contributed by atoms with van der Waals surface area (Å²) in [7, 11) is 1.44. The molecule has 0 N–H and O–H groups in total. The summed E-state index contributed by atoms with van der Waals surface area (Å²) in [4.78, 5) is 40.4. The number of nitrogens with zero attached hydrogens (tertiary/aromatic N) is 3. The molecule has 0 spiro atoms. The van der Waals surface area contributed by atoms with Gasteiger partial charge in [0.2, 0.25) is 0 Å². The molecule has 2 heterocycles. The normalized spacial score (nSPS) is 17.9. The van der Waals surface area contributed by atoms with Gasteiger partial charge in [-0.25, -0.2) is 4.79 Å². The van der Waals surface area contributed by atoms with Gasteiger partial charge in [0.15, 0.2) is 0 Å². The molecule has 1 fully saturated rings. The van der Waals surface area contributed by atoms with Gasteiger partial charge < -0.3 is 9.80 Å². The summed E-state index contributed by atoms with van der Waals surface area (Å²) >= 11 is 6.48. The molecular formula is C23H21ClF3N3O3. The maximum atomic E-state index is 12.7. The second-order valence-corrected chi connectivity index (χ2v) is 9.15. The molecule has 0 aromatic heterocycles. The third kappa shape index (κ3) is 4.06. The number of amides is 4. The number of urea groups is 1. The van der Waals surface area contributed by atoms with Crippen molar-refractivity contribution in [2.45, 2.75) is 38.7 Å². The lowest BCUT2D eigenvalue weighted by Crippen LogP contribution is -2.43. The number of halogens is 4. The molecular weight excluding hydrogens is 459 g/mol. The Morgan fingerprint density at radius 1 is 1.03 bits per heavy atom. The van der Waals surface area contributed by atoms with Crippen molar-refractivity contribution < 1.29 is 27.6 Å². The molecule has 174 valence electrons. The summed E-state index contributed by atoms with van der Waals surface area (Å²) in [6.45, 7) is 2.09. The lowest BCUT2D eigenvalue weighted by Gasteiger charge is -2.28. The van der Waals surface area contributed by atoms with Gasteiger partial charge in [0.05, 0.1) is 0 Å². The molecule has 0 bridgehead atoms. The minimum atomic E-state index is -4.46. The van der Waals surface area contributed by atoms with Crippen LogP contribution in [0.25, 0.3) is 11.1 Å². The first-order chi connectivity index (χ1) is 15.3. The molecule has 10 heteroatoms. The van der Waals surface area contributed by atoms with E-state index in [1.807, 2.05) is 0 Å². The van der Waals surface area contributed by atoms with Crippen molar-refractivity contribution in [1.82, 2.24) is 14.7 Å². The zero-order chi connectivity index (χ0) is 24.3. The number of alkyl halides is 3. The molecule has 0 aliphatic carbocycles. The Bertz CT molecular complexity index is 1180. The minimum absolute atomic E-state index is 0.110.